The summed E-state index contributed by atoms with van der Waals surface area (Å²) in [6.07, 6.45) is 3.73. The number of hydrogen-bond donors (Lipinski definition) is 0. The normalized spacial score (nSPS) is 10.4. The summed E-state index contributed by atoms with van der Waals surface area (Å²) in [7, 11) is 2.15. The van der Waals surface area contributed by atoms with Gasteiger partial charge >= 0.3 is 0 Å². The van der Waals surface area contributed by atoms with Crippen molar-refractivity contribution in [1.29, 1.82) is 0 Å². The molecule has 0 radical (unpaired) electrons. The van der Waals surface area contributed by atoms with E-state index in [4.69, 9.17) is 0 Å². The lowest BCUT2D eigenvalue weighted by Gasteiger charge is -2.19. The third kappa shape index (κ3) is 4.13. The van der Waals surface area contributed by atoms with Gasteiger partial charge in [-0.2, -0.15) is 0 Å². The van der Waals surface area contributed by atoms with Gasteiger partial charge in [-0.05, 0) is 36.1 Å². The van der Waals surface area contributed by atoms with Gasteiger partial charge in [0.05, 0.1) is 0 Å². The van der Waals surface area contributed by atoms with Gasteiger partial charge in [0.1, 0.15) is 0 Å². The van der Waals surface area contributed by atoms with Gasteiger partial charge in [0.2, 0.25) is 0 Å². The summed E-state index contributed by atoms with van der Waals surface area (Å²) in [4.78, 5) is 2.29. The molecule has 2 rings (SSSR count). The molecular weight excluding hydrogens is 230 g/mol. The van der Waals surface area contributed by atoms with E-state index in [1.807, 2.05) is 0 Å². The Morgan fingerprint density at radius 1 is 0.842 bits per heavy atom. The Hall–Kier alpha value is -1.76. The Balaban J connectivity index is 1.97. The number of anilines is 1. The zero-order valence-electron chi connectivity index (χ0n) is 12.0. The number of hydrogen-bond acceptors (Lipinski definition) is 1. The average molecular weight is 253 g/mol. The maximum absolute atomic E-state index is 2.29. The van der Waals surface area contributed by atoms with Gasteiger partial charge < -0.3 is 4.90 Å². The molecule has 1 nitrogen and oxygen atoms in total. The topological polar surface area (TPSA) is 3.24 Å². The fourth-order valence-electron chi connectivity index (χ4n) is 2.25. The molecule has 0 heterocycles. The molecule has 0 unspecified atom stereocenters. The fraction of sp³-hybridized carbons (Fsp3) is 0.333. The number of aryl methyl sites for hydroxylation is 1. The SMILES string of the molecule is CCCCc1ccc(N(C)Cc2ccccc2)cc1. The van der Waals surface area contributed by atoms with Crippen LogP contribution in [-0.4, -0.2) is 7.05 Å². The lowest BCUT2D eigenvalue weighted by Crippen LogP contribution is -2.16. The number of benzene rings is 2. The third-order valence-corrected chi connectivity index (χ3v) is 3.46. The van der Waals surface area contributed by atoms with Crippen molar-refractivity contribution >= 4 is 5.69 Å². The highest BCUT2D eigenvalue weighted by Crippen LogP contribution is 2.17. The summed E-state index contributed by atoms with van der Waals surface area (Å²) in [5, 5.41) is 0. The zero-order chi connectivity index (χ0) is 13.5. The van der Waals surface area contributed by atoms with Crippen LogP contribution in [0, 0.1) is 0 Å². The molecule has 0 atom stereocenters. The minimum Gasteiger partial charge on any atom is -0.370 e. The number of rotatable bonds is 6. The predicted octanol–water partition coefficient (Wildman–Crippen LogP) is 4.67. The summed E-state index contributed by atoms with van der Waals surface area (Å²) < 4.78 is 0. The van der Waals surface area contributed by atoms with Crippen LogP contribution in [0.15, 0.2) is 54.6 Å². The summed E-state index contributed by atoms with van der Waals surface area (Å²) in [5.74, 6) is 0. The van der Waals surface area contributed by atoms with Crippen LogP contribution in [0.25, 0.3) is 0 Å². The molecule has 0 bridgehead atoms. The van der Waals surface area contributed by atoms with Crippen LogP contribution in [-0.2, 0) is 13.0 Å². The smallest absolute Gasteiger partial charge is 0.0426 e. The standard InChI is InChI=1S/C18H23N/c1-3-4-8-16-11-13-18(14-12-16)19(2)15-17-9-6-5-7-10-17/h5-7,9-14H,3-4,8,15H2,1-2H3. The van der Waals surface area contributed by atoms with Crippen molar-refractivity contribution in [3.63, 3.8) is 0 Å². The van der Waals surface area contributed by atoms with Crippen molar-refractivity contribution in [3.05, 3.63) is 65.7 Å². The van der Waals surface area contributed by atoms with E-state index in [-0.39, 0.29) is 0 Å². The first-order valence-electron chi connectivity index (χ1n) is 7.13. The van der Waals surface area contributed by atoms with Crippen molar-refractivity contribution < 1.29 is 0 Å². The van der Waals surface area contributed by atoms with Crippen LogP contribution in [0.5, 0.6) is 0 Å². The maximum Gasteiger partial charge on any atom is 0.0426 e. The summed E-state index contributed by atoms with van der Waals surface area (Å²) in [5.41, 5.74) is 4.07. The second kappa shape index (κ2) is 6.98. The van der Waals surface area contributed by atoms with Crippen LogP contribution in [0.2, 0.25) is 0 Å². The van der Waals surface area contributed by atoms with Gasteiger partial charge in [-0.25, -0.2) is 0 Å². The highest BCUT2D eigenvalue weighted by molar-refractivity contribution is 5.47. The van der Waals surface area contributed by atoms with Crippen LogP contribution in [0.1, 0.15) is 30.9 Å². The Kier molecular flexibility index (Phi) is 5.02. The van der Waals surface area contributed by atoms with Crippen molar-refractivity contribution in [3.8, 4) is 0 Å². The van der Waals surface area contributed by atoms with Crippen LogP contribution in [0.4, 0.5) is 5.69 Å². The van der Waals surface area contributed by atoms with Crippen molar-refractivity contribution in [2.75, 3.05) is 11.9 Å². The van der Waals surface area contributed by atoms with Gasteiger partial charge in [0.15, 0.2) is 0 Å². The van der Waals surface area contributed by atoms with E-state index < -0.39 is 0 Å². The quantitative estimate of drug-likeness (QED) is 0.723. The maximum atomic E-state index is 2.29. The first kappa shape index (κ1) is 13.7. The molecule has 0 amide bonds. The van der Waals surface area contributed by atoms with Gasteiger partial charge in [-0.3, -0.25) is 0 Å². The Labute approximate surface area is 116 Å². The second-order valence-electron chi connectivity index (χ2n) is 5.11. The van der Waals surface area contributed by atoms with E-state index in [0.717, 1.165) is 6.54 Å². The predicted molar refractivity (Wildman–Crippen MR) is 83.6 cm³/mol. The molecule has 100 valence electrons. The first-order chi connectivity index (χ1) is 9.29. The Morgan fingerprint density at radius 2 is 1.53 bits per heavy atom. The Morgan fingerprint density at radius 3 is 2.16 bits per heavy atom. The highest BCUT2D eigenvalue weighted by atomic mass is 15.1. The zero-order valence-corrected chi connectivity index (χ0v) is 12.0. The van der Waals surface area contributed by atoms with E-state index in [1.165, 1.54) is 36.1 Å². The molecule has 0 fully saturated rings. The number of nitrogens with zero attached hydrogens (tertiary/aromatic N) is 1. The molecule has 0 aromatic heterocycles. The molecule has 0 N–H and O–H groups in total. The molecule has 0 aliphatic carbocycles. The van der Waals surface area contributed by atoms with Gasteiger partial charge in [-0.15, -0.1) is 0 Å². The lowest BCUT2D eigenvalue weighted by molar-refractivity contribution is 0.794. The van der Waals surface area contributed by atoms with E-state index in [9.17, 15) is 0 Å². The lowest BCUT2D eigenvalue weighted by atomic mass is 10.1. The van der Waals surface area contributed by atoms with Crippen LogP contribution in [0.3, 0.4) is 0 Å². The van der Waals surface area contributed by atoms with Gasteiger partial charge in [0, 0.05) is 19.3 Å². The molecule has 1 heteroatoms. The van der Waals surface area contributed by atoms with Gasteiger partial charge in [0.25, 0.3) is 0 Å². The minimum atomic E-state index is 0.954. The molecule has 0 spiro atoms. The molecule has 2 aromatic rings. The monoisotopic (exact) mass is 253 g/mol. The van der Waals surface area contributed by atoms with E-state index in [2.05, 4.69) is 73.5 Å². The van der Waals surface area contributed by atoms with E-state index >= 15 is 0 Å². The molecule has 19 heavy (non-hydrogen) atoms. The average Bonchev–Trinajstić information content (AvgIpc) is 2.46. The largest absolute Gasteiger partial charge is 0.370 e. The molecule has 0 aliphatic rings. The Bertz CT molecular complexity index is 473. The molecule has 0 saturated carbocycles. The molecular formula is C18H23N. The molecule has 0 saturated heterocycles. The summed E-state index contributed by atoms with van der Waals surface area (Å²) in [6.45, 7) is 3.19. The van der Waals surface area contributed by atoms with Crippen LogP contribution >= 0.6 is 0 Å². The minimum absolute atomic E-state index is 0.954. The fourth-order valence-corrected chi connectivity index (χ4v) is 2.25. The first-order valence-corrected chi connectivity index (χ1v) is 7.13. The highest BCUT2D eigenvalue weighted by Gasteiger charge is 2.02. The number of unbranched alkanes of at least 4 members (excludes halogenated alkanes) is 1. The molecule has 0 aliphatic heterocycles. The van der Waals surface area contributed by atoms with Crippen molar-refractivity contribution in [1.82, 2.24) is 0 Å². The third-order valence-electron chi connectivity index (χ3n) is 3.46. The van der Waals surface area contributed by atoms with Crippen molar-refractivity contribution in [2.45, 2.75) is 32.7 Å². The second-order valence-corrected chi connectivity index (χ2v) is 5.11. The van der Waals surface area contributed by atoms with Gasteiger partial charge in [-0.1, -0.05) is 55.8 Å². The van der Waals surface area contributed by atoms with E-state index in [1.54, 1.807) is 0 Å². The van der Waals surface area contributed by atoms with Crippen LogP contribution < -0.4 is 4.90 Å². The summed E-state index contributed by atoms with van der Waals surface area (Å²) >= 11 is 0. The van der Waals surface area contributed by atoms with E-state index in [0.29, 0.717) is 0 Å². The molecule has 2 aromatic carbocycles. The summed E-state index contributed by atoms with van der Waals surface area (Å²) in [6, 6.07) is 19.6. The van der Waals surface area contributed by atoms with Crippen molar-refractivity contribution in [2.24, 2.45) is 0 Å².